The standard InChI is InChI=1S/C14H18N6O2/c21-14(18-12-2-1-3-15-6-12)9-19-4-5-22-13(7-19)8-20-11-16-10-17-20/h1-3,6,10-11,13H,4-5,7-9H2,(H,18,21)/t13-/m0/s1. The van der Waals surface area contributed by atoms with Crippen LogP contribution < -0.4 is 5.32 Å². The summed E-state index contributed by atoms with van der Waals surface area (Å²) >= 11 is 0. The molecule has 0 aromatic carbocycles. The summed E-state index contributed by atoms with van der Waals surface area (Å²) in [5, 5.41) is 6.91. The zero-order valence-electron chi connectivity index (χ0n) is 12.1. The summed E-state index contributed by atoms with van der Waals surface area (Å²) in [5.41, 5.74) is 0.708. The van der Waals surface area contributed by atoms with Crippen molar-refractivity contribution < 1.29 is 9.53 Å². The summed E-state index contributed by atoms with van der Waals surface area (Å²) in [6.45, 7) is 3.03. The lowest BCUT2D eigenvalue weighted by atomic mass is 10.2. The maximum atomic E-state index is 12.1. The number of aromatic nitrogens is 4. The van der Waals surface area contributed by atoms with E-state index in [4.69, 9.17) is 4.74 Å². The molecule has 8 nitrogen and oxygen atoms in total. The van der Waals surface area contributed by atoms with Gasteiger partial charge in [-0.2, -0.15) is 5.10 Å². The molecular weight excluding hydrogens is 284 g/mol. The Kier molecular flexibility index (Phi) is 4.71. The first-order chi connectivity index (χ1) is 10.8. The average molecular weight is 302 g/mol. The molecule has 2 aromatic rings. The first kappa shape index (κ1) is 14.6. The molecule has 2 aromatic heterocycles. The number of carbonyl (C=O) groups excluding carboxylic acids is 1. The maximum absolute atomic E-state index is 12.1. The summed E-state index contributed by atoms with van der Waals surface area (Å²) in [7, 11) is 0. The summed E-state index contributed by atoms with van der Waals surface area (Å²) in [6, 6.07) is 3.61. The Morgan fingerprint density at radius 3 is 3.18 bits per heavy atom. The fourth-order valence-electron chi connectivity index (χ4n) is 2.41. The summed E-state index contributed by atoms with van der Waals surface area (Å²) in [6.07, 6.45) is 6.48. The van der Waals surface area contributed by atoms with Crippen LogP contribution in [0.2, 0.25) is 0 Å². The maximum Gasteiger partial charge on any atom is 0.238 e. The van der Waals surface area contributed by atoms with Gasteiger partial charge in [-0.25, -0.2) is 4.98 Å². The first-order valence-corrected chi connectivity index (χ1v) is 7.16. The van der Waals surface area contributed by atoms with Crippen LogP contribution in [0.4, 0.5) is 5.69 Å². The molecule has 0 saturated carbocycles. The molecule has 22 heavy (non-hydrogen) atoms. The molecule has 1 aliphatic rings. The van der Waals surface area contributed by atoms with Gasteiger partial charge in [0.1, 0.15) is 12.7 Å². The molecule has 3 heterocycles. The monoisotopic (exact) mass is 302 g/mol. The van der Waals surface area contributed by atoms with Gasteiger partial charge < -0.3 is 10.1 Å². The van der Waals surface area contributed by atoms with E-state index in [9.17, 15) is 4.79 Å². The topological polar surface area (TPSA) is 85.2 Å². The van der Waals surface area contributed by atoms with Gasteiger partial charge >= 0.3 is 0 Å². The largest absolute Gasteiger partial charge is 0.374 e. The van der Waals surface area contributed by atoms with Crippen molar-refractivity contribution in [1.82, 2.24) is 24.6 Å². The molecule has 1 amide bonds. The lowest BCUT2D eigenvalue weighted by molar-refractivity contribution is -0.119. The number of ether oxygens (including phenoxy) is 1. The molecule has 1 fully saturated rings. The van der Waals surface area contributed by atoms with Gasteiger partial charge in [-0.3, -0.25) is 19.4 Å². The lowest BCUT2D eigenvalue weighted by Crippen LogP contribution is -2.47. The van der Waals surface area contributed by atoms with Gasteiger partial charge in [-0.1, -0.05) is 0 Å². The Morgan fingerprint density at radius 2 is 2.41 bits per heavy atom. The van der Waals surface area contributed by atoms with Crippen LogP contribution in [0.25, 0.3) is 0 Å². The van der Waals surface area contributed by atoms with Crippen LogP contribution in [0.3, 0.4) is 0 Å². The molecule has 1 N–H and O–H groups in total. The number of nitrogens with zero attached hydrogens (tertiary/aromatic N) is 5. The van der Waals surface area contributed by atoms with Gasteiger partial charge in [-0.05, 0) is 12.1 Å². The zero-order valence-corrected chi connectivity index (χ0v) is 12.1. The molecule has 1 aliphatic heterocycles. The van der Waals surface area contributed by atoms with E-state index in [1.165, 1.54) is 6.33 Å². The number of morpholine rings is 1. The second kappa shape index (κ2) is 7.10. The molecule has 0 spiro atoms. The molecule has 8 heteroatoms. The molecule has 0 radical (unpaired) electrons. The molecular formula is C14H18N6O2. The highest BCUT2D eigenvalue weighted by molar-refractivity contribution is 5.92. The van der Waals surface area contributed by atoms with E-state index in [-0.39, 0.29) is 12.0 Å². The van der Waals surface area contributed by atoms with Crippen molar-refractivity contribution in [2.24, 2.45) is 0 Å². The Hall–Kier alpha value is -2.32. The van der Waals surface area contributed by atoms with Crippen molar-refractivity contribution >= 4 is 11.6 Å². The van der Waals surface area contributed by atoms with Gasteiger partial charge in [0.15, 0.2) is 0 Å². The quantitative estimate of drug-likeness (QED) is 0.837. The van der Waals surface area contributed by atoms with Crippen molar-refractivity contribution in [1.29, 1.82) is 0 Å². The van der Waals surface area contributed by atoms with Crippen molar-refractivity contribution in [2.45, 2.75) is 12.6 Å². The minimum atomic E-state index is -0.0468. The zero-order chi connectivity index (χ0) is 15.2. The fraction of sp³-hybridized carbons (Fsp3) is 0.429. The number of nitrogens with one attached hydrogen (secondary N) is 1. The third-order valence-electron chi connectivity index (χ3n) is 3.39. The molecule has 1 atom stereocenters. The highest BCUT2D eigenvalue weighted by Gasteiger charge is 2.22. The Labute approximate surface area is 128 Å². The minimum absolute atomic E-state index is 0.0154. The van der Waals surface area contributed by atoms with E-state index in [0.717, 1.165) is 6.54 Å². The second-order valence-electron chi connectivity index (χ2n) is 5.14. The van der Waals surface area contributed by atoms with Gasteiger partial charge in [0, 0.05) is 19.3 Å². The first-order valence-electron chi connectivity index (χ1n) is 7.16. The predicted octanol–water partition coefficient (Wildman–Crippen LogP) is 0.0126. The third kappa shape index (κ3) is 4.09. The fourth-order valence-corrected chi connectivity index (χ4v) is 2.41. The van der Waals surface area contributed by atoms with Crippen LogP contribution >= 0.6 is 0 Å². The Morgan fingerprint density at radius 1 is 1.45 bits per heavy atom. The predicted molar refractivity (Wildman–Crippen MR) is 79.1 cm³/mol. The highest BCUT2D eigenvalue weighted by Crippen LogP contribution is 2.08. The van der Waals surface area contributed by atoms with E-state index in [2.05, 4.69) is 25.3 Å². The van der Waals surface area contributed by atoms with Gasteiger partial charge in [0.05, 0.1) is 37.7 Å². The third-order valence-corrected chi connectivity index (χ3v) is 3.39. The van der Waals surface area contributed by atoms with Crippen molar-refractivity contribution in [3.8, 4) is 0 Å². The number of hydrogen-bond acceptors (Lipinski definition) is 6. The molecule has 0 bridgehead atoms. The summed E-state index contributed by atoms with van der Waals surface area (Å²) < 4.78 is 7.45. The number of rotatable bonds is 5. The van der Waals surface area contributed by atoms with Crippen molar-refractivity contribution in [3.05, 3.63) is 37.2 Å². The Balaban J connectivity index is 1.48. The summed E-state index contributed by atoms with van der Waals surface area (Å²) in [5.74, 6) is -0.0468. The van der Waals surface area contributed by atoms with E-state index in [0.29, 0.717) is 31.9 Å². The van der Waals surface area contributed by atoms with Crippen LogP contribution in [0.5, 0.6) is 0 Å². The van der Waals surface area contributed by atoms with Gasteiger partial charge in [0.25, 0.3) is 0 Å². The molecule has 0 aliphatic carbocycles. The molecule has 3 rings (SSSR count). The van der Waals surface area contributed by atoms with Crippen LogP contribution in [0, 0.1) is 0 Å². The molecule has 0 unspecified atom stereocenters. The van der Waals surface area contributed by atoms with Crippen LogP contribution in [-0.2, 0) is 16.1 Å². The van der Waals surface area contributed by atoms with Gasteiger partial charge in [0.2, 0.25) is 5.91 Å². The number of anilines is 1. The number of amides is 1. The van der Waals surface area contributed by atoms with E-state index in [1.807, 2.05) is 6.07 Å². The highest BCUT2D eigenvalue weighted by atomic mass is 16.5. The van der Waals surface area contributed by atoms with Crippen molar-refractivity contribution in [3.63, 3.8) is 0 Å². The average Bonchev–Trinajstić information content (AvgIpc) is 3.01. The summed E-state index contributed by atoms with van der Waals surface area (Å²) in [4.78, 5) is 22.0. The smallest absolute Gasteiger partial charge is 0.238 e. The molecule has 1 saturated heterocycles. The van der Waals surface area contributed by atoms with Gasteiger partial charge in [-0.15, -0.1) is 0 Å². The van der Waals surface area contributed by atoms with Crippen molar-refractivity contribution in [2.75, 3.05) is 31.6 Å². The van der Waals surface area contributed by atoms with Crippen LogP contribution in [0.1, 0.15) is 0 Å². The number of carbonyl (C=O) groups is 1. The van der Waals surface area contributed by atoms with Crippen LogP contribution in [-0.4, -0.2) is 62.9 Å². The lowest BCUT2D eigenvalue weighted by Gasteiger charge is -2.32. The van der Waals surface area contributed by atoms with E-state index >= 15 is 0 Å². The Bertz CT molecular complexity index is 589. The SMILES string of the molecule is O=C(CN1CCO[C@H](Cn2cncn2)C1)Nc1cccnc1. The van der Waals surface area contributed by atoms with E-state index < -0.39 is 0 Å². The number of pyridine rings is 1. The number of hydrogen-bond donors (Lipinski definition) is 1. The minimum Gasteiger partial charge on any atom is -0.374 e. The van der Waals surface area contributed by atoms with Crippen LogP contribution in [0.15, 0.2) is 37.2 Å². The second-order valence-corrected chi connectivity index (χ2v) is 5.14. The van der Waals surface area contributed by atoms with E-state index in [1.54, 1.807) is 29.5 Å². The molecule has 116 valence electrons. The normalized spacial score (nSPS) is 19.0.